The van der Waals surface area contributed by atoms with Crippen LogP contribution in [0.5, 0.6) is 5.88 Å². The highest BCUT2D eigenvalue weighted by atomic mass is 19.1. The summed E-state index contributed by atoms with van der Waals surface area (Å²) in [5.41, 5.74) is 8.27. The third-order valence-corrected chi connectivity index (χ3v) is 11.7. The van der Waals surface area contributed by atoms with Crippen LogP contribution in [0.3, 0.4) is 0 Å². The molecule has 57 heavy (non-hydrogen) atoms. The number of fused-ring (bicyclic) bond motifs is 2. The van der Waals surface area contributed by atoms with Gasteiger partial charge in [-0.25, -0.2) is 19.3 Å². The molecule has 0 aliphatic carbocycles. The normalized spacial score (nSPS) is 19.1. The van der Waals surface area contributed by atoms with E-state index in [1.807, 2.05) is 24.5 Å². The van der Waals surface area contributed by atoms with Gasteiger partial charge in [0, 0.05) is 99.2 Å². The molecule has 3 aromatic carbocycles. The van der Waals surface area contributed by atoms with E-state index in [9.17, 15) is 9.59 Å². The van der Waals surface area contributed by atoms with E-state index in [-0.39, 0.29) is 24.1 Å². The molecule has 9 rings (SSSR count). The Balaban J connectivity index is 0.745. The molecule has 0 radical (unpaired) electrons. The topological polar surface area (TPSA) is 140 Å². The van der Waals surface area contributed by atoms with Crippen molar-refractivity contribution in [2.24, 2.45) is 5.92 Å². The maximum absolute atomic E-state index is 15.2. The lowest BCUT2D eigenvalue weighted by atomic mass is 9.95. The summed E-state index contributed by atoms with van der Waals surface area (Å²) < 4.78 is 20.9. The molecular weight excluding hydrogens is 724 g/mol. The van der Waals surface area contributed by atoms with Crippen LogP contribution in [-0.4, -0.2) is 96.7 Å². The molecule has 4 aliphatic rings. The zero-order chi connectivity index (χ0) is 38.9. The fraction of sp³-hybridized carbons (Fsp3) is 0.372. The Labute approximate surface area is 331 Å². The van der Waals surface area contributed by atoms with E-state index in [1.165, 1.54) is 11.8 Å². The van der Waals surface area contributed by atoms with Crippen LogP contribution < -0.4 is 35.8 Å². The predicted octanol–water partition coefficient (Wildman–Crippen LogP) is 5.94. The van der Waals surface area contributed by atoms with Crippen LogP contribution in [0.1, 0.15) is 31.2 Å². The molecule has 0 bridgehead atoms. The molecule has 1 atom stereocenters. The molecule has 2 amide bonds. The van der Waals surface area contributed by atoms with Crippen LogP contribution in [-0.2, 0) is 9.59 Å². The summed E-state index contributed by atoms with van der Waals surface area (Å²) in [6.07, 6.45) is 6.67. The standard InChI is InChI=1S/C43H47FN10O3/c1-27-34(25-46-42-40(27)45-14-21-57-42)29-2-3-30-24-47-43(50-37(30)22-29)49-31-4-7-33(8-5-31)53-15-12-28(13-16-53)26-52-17-19-54(20-18-52)38-10-6-32(23-35(38)44)48-36-9-11-39(55)51-41(36)56/h2-8,10,22-25,28,36,45,48H,9,11-21,26H2,1H3,(H,47,49,50)(H,51,55,56). The molecular formula is C43H47FN10O3. The molecule has 4 N–H and O–H groups in total. The molecule has 3 saturated heterocycles. The second kappa shape index (κ2) is 15.8. The predicted molar refractivity (Wildman–Crippen MR) is 221 cm³/mol. The number of nitrogens with one attached hydrogen (secondary N) is 4. The number of ether oxygens (including phenoxy) is 1. The number of benzene rings is 3. The van der Waals surface area contributed by atoms with Gasteiger partial charge in [-0.2, -0.15) is 0 Å². The van der Waals surface area contributed by atoms with Crippen molar-refractivity contribution in [2.75, 3.05) is 84.7 Å². The van der Waals surface area contributed by atoms with E-state index < -0.39 is 6.04 Å². The molecule has 14 heteroatoms. The highest BCUT2D eigenvalue weighted by Crippen LogP contribution is 2.36. The molecule has 3 fully saturated rings. The number of rotatable bonds is 9. The first-order valence-corrected chi connectivity index (χ1v) is 20.0. The number of piperidine rings is 2. The lowest BCUT2D eigenvalue weighted by Gasteiger charge is -2.40. The van der Waals surface area contributed by atoms with Crippen molar-refractivity contribution in [1.82, 2.24) is 25.2 Å². The van der Waals surface area contributed by atoms with Gasteiger partial charge in [0.1, 0.15) is 24.2 Å². The van der Waals surface area contributed by atoms with Gasteiger partial charge in [0.25, 0.3) is 0 Å². The number of pyridine rings is 1. The second-order valence-electron chi connectivity index (χ2n) is 15.4. The van der Waals surface area contributed by atoms with Crippen LogP contribution in [0.15, 0.2) is 73.1 Å². The zero-order valence-electron chi connectivity index (χ0n) is 32.1. The molecule has 13 nitrogen and oxygen atoms in total. The zero-order valence-corrected chi connectivity index (χ0v) is 32.1. The van der Waals surface area contributed by atoms with E-state index in [1.54, 1.807) is 6.07 Å². The number of hydrogen-bond donors (Lipinski definition) is 4. The summed E-state index contributed by atoms with van der Waals surface area (Å²) in [6, 6.07) is 19.2. The van der Waals surface area contributed by atoms with E-state index in [0.29, 0.717) is 42.1 Å². The Kier molecular flexibility index (Phi) is 10.2. The van der Waals surface area contributed by atoms with Crippen LogP contribution >= 0.6 is 0 Å². The number of halogens is 1. The van der Waals surface area contributed by atoms with Crippen molar-refractivity contribution >= 4 is 57.1 Å². The van der Waals surface area contributed by atoms with Crippen molar-refractivity contribution < 1.29 is 18.7 Å². The van der Waals surface area contributed by atoms with Crippen molar-refractivity contribution in [3.63, 3.8) is 0 Å². The first-order chi connectivity index (χ1) is 27.8. The van der Waals surface area contributed by atoms with Gasteiger partial charge in [-0.15, -0.1) is 0 Å². The van der Waals surface area contributed by atoms with Crippen LogP contribution in [0.25, 0.3) is 22.0 Å². The largest absolute Gasteiger partial charge is 0.474 e. The minimum Gasteiger partial charge on any atom is -0.474 e. The minimum atomic E-state index is -0.539. The third kappa shape index (κ3) is 7.99. The van der Waals surface area contributed by atoms with Crippen molar-refractivity contribution in [1.29, 1.82) is 0 Å². The molecule has 1 unspecified atom stereocenters. The summed E-state index contributed by atoms with van der Waals surface area (Å²) in [6.45, 7) is 9.88. The number of piperazine rings is 1. The average Bonchev–Trinajstić information content (AvgIpc) is 3.23. The molecule has 0 saturated carbocycles. The number of hydrogen-bond acceptors (Lipinski definition) is 12. The maximum atomic E-state index is 15.2. The number of anilines is 6. The fourth-order valence-electron chi connectivity index (χ4n) is 8.44. The number of imide groups is 1. The minimum absolute atomic E-state index is 0.269. The van der Waals surface area contributed by atoms with E-state index in [4.69, 9.17) is 9.72 Å². The quantitative estimate of drug-likeness (QED) is 0.132. The van der Waals surface area contributed by atoms with Crippen molar-refractivity contribution in [3.8, 4) is 17.0 Å². The van der Waals surface area contributed by atoms with Crippen LogP contribution in [0.2, 0.25) is 0 Å². The molecule has 2 aromatic heterocycles. The summed E-state index contributed by atoms with van der Waals surface area (Å²) in [5, 5.41) is 13.2. The number of aromatic nitrogens is 3. The molecule has 4 aliphatic heterocycles. The van der Waals surface area contributed by atoms with Gasteiger partial charge >= 0.3 is 0 Å². The summed E-state index contributed by atoms with van der Waals surface area (Å²) in [4.78, 5) is 44.6. The number of amides is 2. The third-order valence-electron chi connectivity index (χ3n) is 11.7. The van der Waals surface area contributed by atoms with E-state index >= 15 is 4.39 Å². The van der Waals surface area contributed by atoms with Crippen LogP contribution in [0, 0.1) is 18.7 Å². The smallest absolute Gasteiger partial charge is 0.249 e. The maximum Gasteiger partial charge on any atom is 0.249 e. The van der Waals surface area contributed by atoms with Gasteiger partial charge in [-0.3, -0.25) is 19.8 Å². The monoisotopic (exact) mass is 770 g/mol. The van der Waals surface area contributed by atoms with Crippen molar-refractivity contribution in [2.45, 2.75) is 38.6 Å². The highest BCUT2D eigenvalue weighted by Gasteiger charge is 2.28. The Hall–Kier alpha value is -6.02. The fourth-order valence-corrected chi connectivity index (χ4v) is 8.44. The number of carbonyl (C=O) groups excluding carboxylic acids is 2. The van der Waals surface area contributed by atoms with Gasteiger partial charge < -0.3 is 30.5 Å². The van der Waals surface area contributed by atoms with Gasteiger partial charge in [0.05, 0.1) is 11.2 Å². The summed E-state index contributed by atoms with van der Waals surface area (Å²) in [7, 11) is 0. The lowest BCUT2D eigenvalue weighted by molar-refractivity contribution is -0.133. The lowest BCUT2D eigenvalue weighted by Crippen LogP contribution is -2.49. The average molecular weight is 771 g/mol. The van der Waals surface area contributed by atoms with Crippen LogP contribution in [0.4, 0.5) is 38.8 Å². The Morgan fingerprint density at radius 1 is 0.877 bits per heavy atom. The van der Waals surface area contributed by atoms with Gasteiger partial charge in [0.15, 0.2) is 0 Å². The SMILES string of the molecule is Cc1c(-c2ccc3cnc(Nc4ccc(N5CCC(CN6CCN(c7ccc(NC8CCC(=O)NC8=O)cc7F)CC6)CC5)cc4)nc3c2)cnc2c1NCCO2. The van der Waals surface area contributed by atoms with Gasteiger partial charge in [0.2, 0.25) is 23.6 Å². The summed E-state index contributed by atoms with van der Waals surface area (Å²) >= 11 is 0. The van der Waals surface area contributed by atoms with Gasteiger partial charge in [-0.1, -0.05) is 12.1 Å². The molecule has 6 heterocycles. The summed E-state index contributed by atoms with van der Waals surface area (Å²) in [5.74, 6) is 0.888. The highest BCUT2D eigenvalue weighted by molar-refractivity contribution is 6.01. The Morgan fingerprint density at radius 2 is 1.68 bits per heavy atom. The molecule has 5 aromatic rings. The van der Waals surface area contributed by atoms with E-state index in [2.05, 4.69) is 89.3 Å². The first-order valence-electron chi connectivity index (χ1n) is 20.0. The molecule has 0 spiro atoms. The first kappa shape index (κ1) is 36.6. The second-order valence-corrected chi connectivity index (χ2v) is 15.4. The Morgan fingerprint density at radius 3 is 2.47 bits per heavy atom. The van der Waals surface area contributed by atoms with Crippen molar-refractivity contribution in [3.05, 3.63) is 84.4 Å². The number of carbonyl (C=O) groups is 2. The Bertz CT molecular complexity index is 2290. The van der Waals surface area contributed by atoms with Gasteiger partial charge in [-0.05, 0) is 91.8 Å². The van der Waals surface area contributed by atoms with E-state index in [0.717, 1.165) is 104 Å². The number of nitrogens with zero attached hydrogens (tertiary/aromatic N) is 6. The molecule has 294 valence electrons.